The van der Waals surface area contributed by atoms with Gasteiger partial charge in [-0.05, 0) is 18.9 Å². The first kappa shape index (κ1) is 11.8. The zero-order valence-corrected chi connectivity index (χ0v) is 9.73. The van der Waals surface area contributed by atoms with E-state index in [0.29, 0.717) is 12.8 Å². The minimum atomic E-state index is -4.13. The summed E-state index contributed by atoms with van der Waals surface area (Å²) < 4.78 is 50.0. The van der Waals surface area contributed by atoms with Crippen molar-refractivity contribution in [2.45, 2.75) is 23.7 Å². The Labute approximate surface area is 96.6 Å². The second-order valence-electron chi connectivity index (χ2n) is 3.83. The molecule has 0 spiro atoms. The summed E-state index contributed by atoms with van der Waals surface area (Å²) >= 11 is 0. The number of hydrogen-bond acceptors (Lipinski definition) is 2. The van der Waals surface area contributed by atoms with Crippen LogP contribution in [0.2, 0.25) is 0 Å². The molecule has 88 valence electrons. The molecule has 0 amide bonds. The van der Waals surface area contributed by atoms with Crippen molar-refractivity contribution in [3.63, 3.8) is 0 Å². The third-order valence-corrected chi connectivity index (χ3v) is 3.98. The maximum atomic E-state index is 13.8. The van der Waals surface area contributed by atoms with E-state index in [4.69, 9.17) is 10.7 Å². The van der Waals surface area contributed by atoms with Gasteiger partial charge in [0.15, 0.2) is 0 Å². The van der Waals surface area contributed by atoms with Crippen LogP contribution < -0.4 is 0 Å². The Morgan fingerprint density at radius 2 is 1.81 bits per heavy atom. The molecule has 0 unspecified atom stereocenters. The van der Waals surface area contributed by atoms with Gasteiger partial charge in [-0.3, -0.25) is 0 Å². The topological polar surface area (TPSA) is 34.1 Å². The molecular weight excluding hydrogens is 258 g/mol. The quantitative estimate of drug-likeness (QED) is 0.788. The minimum absolute atomic E-state index is 0.420. The minimum Gasteiger partial charge on any atom is -0.207 e. The maximum Gasteiger partial charge on any atom is 0.277 e. The van der Waals surface area contributed by atoms with Crippen molar-refractivity contribution in [1.82, 2.24) is 0 Å². The molecule has 1 aromatic carbocycles. The molecule has 1 aromatic rings. The van der Waals surface area contributed by atoms with E-state index in [2.05, 4.69) is 0 Å². The highest BCUT2D eigenvalue weighted by Gasteiger charge is 2.49. The summed E-state index contributed by atoms with van der Waals surface area (Å²) in [5.74, 6) is -3.87. The van der Waals surface area contributed by atoms with Crippen molar-refractivity contribution in [3.05, 3.63) is 29.8 Å². The second-order valence-corrected chi connectivity index (χ2v) is 6.37. The smallest absolute Gasteiger partial charge is 0.207 e. The molecule has 0 saturated heterocycles. The SMILES string of the molecule is O=S(=O)(Cl)c1ccccc1C(F)(F)C1CC1. The van der Waals surface area contributed by atoms with E-state index in [1.807, 2.05) is 0 Å². The first-order chi connectivity index (χ1) is 7.33. The Kier molecular flexibility index (Phi) is 2.70. The summed E-state index contributed by atoms with van der Waals surface area (Å²) in [4.78, 5) is -0.492. The zero-order valence-electron chi connectivity index (χ0n) is 8.16. The van der Waals surface area contributed by atoms with Gasteiger partial charge < -0.3 is 0 Å². The highest BCUT2D eigenvalue weighted by molar-refractivity contribution is 8.13. The number of hydrogen-bond donors (Lipinski definition) is 0. The fourth-order valence-electron chi connectivity index (χ4n) is 1.62. The fourth-order valence-corrected chi connectivity index (χ4v) is 2.73. The molecule has 0 radical (unpaired) electrons. The van der Waals surface area contributed by atoms with Gasteiger partial charge in [0.1, 0.15) is 0 Å². The first-order valence-corrected chi connectivity index (χ1v) is 7.06. The summed E-state index contributed by atoms with van der Waals surface area (Å²) in [6, 6.07) is 4.99. The molecule has 2 rings (SSSR count). The predicted molar refractivity (Wildman–Crippen MR) is 56.1 cm³/mol. The highest BCUT2D eigenvalue weighted by Crippen LogP contribution is 2.51. The lowest BCUT2D eigenvalue weighted by atomic mass is 10.0. The molecule has 2 nitrogen and oxygen atoms in total. The van der Waals surface area contributed by atoms with Gasteiger partial charge in [0.25, 0.3) is 15.0 Å². The van der Waals surface area contributed by atoms with Gasteiger partial charge in [-0.2, -0.15) is 0 Å². The van der Waals surface area contributed by atoms with Gasteiger partial charge in [-0.25, -0.2) is 17.2 Å². The zero-order chi connectivity index (χ0) is 12.0. The second kappa shape index (κ2) is 3.67. The first-order valence-electron chi connectivity index (χ1n) is 4.75. The van der Waals surface area contributed by atoms with Crippen LogP contribution in [0.25, 0.3) is 0 Å². The summed E-state index contributed by atoms with van der Waals surface area (Å²) in [6.07, 6.45) is 0.841. The maximum absolute atomic E-state index is 13.8. The Morgan fingerprint density at radius 3 is 2.31 bits per heavy atom. The summed E-state index contributed by atoms with van der Waals surface area (Å²) in [7, 11) is 1.00. The Balaban J connectivity index is 2.56. The van der Waals surface area contributed by atoms with E-state index in [0.717, 1.165) is 12.1 Å². The summed E-state index contributed by atoms with van der Waals surface area (Å²) in [5.41, 5.74) is -0.493. The van der Waals surface area contributed by atoms with E-state index in [1.165, 1.54) is 12.1 Å². The Hall–Kier alpha value is -0.680. The van der Waals surface area contributed by atoms with Gasteiger partial charge >= 0.3 is 0 Å². The van der Waals surface area contributed by atoms with E-state index >= 15 is 0 Å². The molecule has 6 heteroatoms. The van der Waals surface area contributed by atoms with E-state index in [-0.39, 0.29) is 0 Å². The van der Waals surface area contributed by atoms with E-state index in [9.17, 15) is 17.2 Å². The van der Waals surface area contributed by atoms with Gasteiger partial charge in [0.05, 0.1) is 4.90 Å². The Morgan fingerprint density at radius 1 is 1.25 bits per heavy atom. The Bertz CT molecular complexity index is 509. The molecule has 0 bridgehead atoms. The van der Waals surface area contributed by atoms with Gasteiger partial charge in [0.2, 0.25) is 0 Å². The number of halogens is 3. The molecule has 0 atom stereocenters. The molecule has 0 aliphatic heterocycles. The molecule has 0 aromatic heterocycles. The van der Waals surface area contributed by atoms with Gasteiger partial charge in [0, 0.05) is 22.2 Å². The third kappa shape index (κ3) is 2.06. The number of benzene rings is 1. The average molecular weight is 267 g/mol. The summed E-state index contributed by atoms with van der Waals surface area (Å²) in [6.45, 7) is 0. The molecular formula is C10H9ClF2O2S. The molecule has 1 fully saturated rings. The van der Waals surface area contributed by atoms with Gasteiger partial charge in [-0.1, -0.05) is 18.2 Å². The molecule has 1 aliphatic carbocycles. The molecule has 0 N–H and O–H groups in total. The van der Waals surface area contributed by atoms with Crippen LogP contribution in [0, 0.1) is 5.92 Å². The molecule has 0 heterocycles. The van der Waals surface area contributed by atoms with Crippen LogP contribution in [-0.4, -0.2) is 8.42 Å². The van der Waals surface area contributed by atoms with E-state index < -0.39 is 31.4 Å². The monoisotopic (exact) mass is 266 g/mol. The van der Waals surface area contributed by atoms with Crippen LogP contribution in [0.4, 0.5) is 8.78 Å². The van der Waals surface area contributed by atoms with Crippen molar-refractivity contribution in [2.24, 2.45) is 5.92 Å². The van der Waals surface area contributed by atoms with Gasteiger partial charge in [-0.15, -0.1) is 0 Å². The van der Waals surface area contributed by atoms with Crippen molar-refractivity contribution in [2.75, 3.05) is 0 Å². The van der Waals surface area contributed by atoms with Crippen molar-refractivity contribution >= 4 is 19.7 Å². The standard InChI is InChI=1S/C10H9ClF2O2S/c11-16(14,15)9-4-2-1-3-8(9)10(12,13)7-5-6-7/h1-4,7H,5-6H2. The van der Waals surface area contributed by atoms with Crippen LogP contribution in [0.15, 0.2) is 29.2 Å². The molecule has 1 saturated carbocycles. The van der Waals surface area contributed by atoms with E-state index in [1.54, 1.807) is 0 Å². The lowest BCUT2D eigenvalue weighted by molar-refractivity contribution is -0.0312. The normalized spacial score (nSPS) is 17.4. The van der Waals surface area contributed by atoms with Crippen LogP contribution in [0.3, 0.4) is 0 Å². The van der Waals surface area contributed by atoms with Crippen LogP contribution in [-0.2, 0) is 15.0 Å². The van der Waals surface area contributed by atoms with Crippen LogP contribution in [0.1, 0.15) is 18.4 Å². The summed E-state index contributed by atoms with van der Waals surface area (Å²) in [5, 5.41) is 0. The fraction of sp³-hybridized carbons (Fsp3) is 0.400. The van der Waals surface area contributed by atoms with Crippen molar-refractivity contribution in [1.29, 1.82) is 0 Å². The largest absolute Gasteiger partial charge is 0.277 e. The lowest BCUT2D eigenvalue weighted by Gasteiger charge is -2.18. The number of rotatable bonds is 3. The average Bonchev–Trinajstić information content (AvgIpc) is 2.99. The molecule has 1 aliphatic rings. The van der Waals surface area contributed by atoms with Crippen molar-refractivity contribution < 1.29 is 17.2 Å². The lowest BCUT2D eigenvalue weighted by Crippen LogP contribution is -2.19. The van der Waals surface area contributed by atoms with Crippen LogP contribution in [0.5, 0.6) is 0 Å². The van der Waals surface area contributed by atoms with Crippen LogP contribution >= 0.6 is 10.7 Å². The number of alkyl halides is 2. The molecule has 16 heavy (non-hydrogen) atoms. The third-order valence-electron chi connectivity index (χ3n) is 2.60. The van der Waals surface area contributed by atoms with Crippen molar-refractivity contribution in [3.8, 4) is 0 Å². The highest BCUT2D eigenvalue weighted by atomic mass is 35.7. The predicted octanol–water partition coefficient (Wildman–Crippen LogP) is 3.12.